The van der Waals surface area contributed by atoms with Crippen molar-refractivity contribution in [3.63, 3.8) is 0 Å². The van der Waals surface area contributed by atoms with Crippen LogP contribution in [0.1, 0.15) is 274 Å². The third-order valence-corrected chi connectivity index (χ3v) is 14.3. The van der Waals surface area contributed by atoms with Gasteiger partial charge in [0.15, 0.2) is 0 Å². The Bertz CT molecular complexity index is 2280. The van der Waals surface area contributed by atoms with Crippen LogP contribution in [-0.2, 0) is 0 Å². The minimum absolute atomic E-state index is 0.425. The molecule has 0 aliphatic rings. The summed E-state index contributed by atoms with van der Waals surface area (Å²) in [6.45, 7) is 39.5. The third kappa shape index (κ3) is 20.9. The van der Waals surface area contributed by atoms with Crippen LogP contribution in [0.5, 0.6) is 0 Å². The van der Waals surface area contributed by atoms with Gasteiger partial charge in [-0.15, -0.1) is 11.8 Å². The summed E-state index contributed by atoms with van der Waals surface area (Å²) in [6, 6.07) is 32.2. The van der Waals surface area contributed by atoms with Gasteiger partial charge in [0, 0.05) is 18.8 Å². The predicted molar refractivity (Wildman–Crippen MR) is 327 cm³/mol. The SMILES string of the molecule is CC(C)c1cccc(C(C)C)c1N=C=NCCCCCN=C=Nc1c(C(C)C)cccc1C(C)C.CSC(CCCCCCCC(C)=Nc1c(C(C)C)cccc1C(C)C)=Nc1c(C(C)C)cccc1C(C)C. The second kappa shape index (κ2) is 33.3. The van der Waals surface area contributed by atoms with Crippen molar-refractivity contribution in [2.24, 2.45) is 30.0 Å². The molecule has 0 atom stereocenters. The molecule has 0 heterocycles. The lowest BCUT2D eigenvalue weighted by Crippen LogP contribution is -1.99. The number of rotatable bonds is 26. The molecule has 6 nitrogen and oxygen atoms in total. The molecule has 4 aromatic rings. The molecule has 0 saturated carbocycles. The van der Waals surface area contributed by atoms with Gasteiger partial charge < -0.3 is 0 Å². The van der Waals surface area contributed by atoms with Crippen LogP contribution in [0.25, 0.3) is 0 Å². The number of hydrogen-bond donors (Lipinski definition) is 0. The second-order valence-electron chi connectivity index (χ2n) is 22.5. The van der Waals surface area contributed by atoms with Crippen molar-refractivity contribution in [1.29, 1.82) is 0 Å². The lowest BCUT2D eigenvalue weighted by Gasteiger charge is -2.17. The fourth-order valence-corrected chi connectivity index (χ4v) is 9.69. The van der Waals surface area contributed by atoms with Gasteiger partial charge in [0.25, 0.3) is 0 Å². The summed E-state index contributed by atoms with van der Waals surface area (Å²) in [4.78, 5) is 28.4. The van der Waals surface area contributed by atoms with Crippen molar-refractivity contribution >= 4 is 57.3 Å². The lowest BCUT2D eigenvalue weighted by molar-refractivity contribution is 0.632. The quantitative estimate of drug-likeness (QED) is 0.0351. The molecule has 7 heteroatoms. The first kappa shape index (κ1) is 62.6. The summed E-state index contributed by atoms with van der Waals surface area (Å²) in [5, 5.41) is 1.27. The van der Waals surface area contributed by atoms with E-state index in [1.165, 1.54) is 98.7 Å². The van der Waals surface area contributed by atoms with Crippen LogP contribution in [0.3, 0.4) is 0 Å². The molecule has 398 valence electrons. The average Bonchev–Trinajstić information content (AvgIpc) is 3.34. The van der Waals surface area contributed by atoms with Crippen molar-refractivity contribution in [2.45, 2.75) is 229 Å². The zero-order valence-corrected chi connectivity index (χ0v) is 49.9. The number of unbranched alkanes of at least 4 members (excludes halogenated alkanes) is 6. The van der Waals surface area contributed by atoms with Gasteiger partial charge >= 0.3 is 0 Å². The van der Waals surface area contributed by atoms with Crippen LogP contribution in [0.4, 0.5) is 22.7 Å². The summed E-state index contributed by atoms with van der Waals surface area (Å²) in [5.74, 6) is 3.65. The van der Waals surface area contributed by atoms with Crippen LogP contribution >= 0.6 is 11.8 Å². The molecule has 0 bridgehead atoms. The van der Waals surface area contributed by atoms with Crippen LogP contribution in [-0.4, -0.2) is 42.1 Å². The smallest absolute Gasteiger partial charge is 0.0949 e. The number of nitrogens with zero attached hydrogens (tertiary/aromatic N) is 6. The molecule has 0 aliphatic carbocycles. The molecule has 0 saturated heterocycles. The first-order chi connectivity index (χ1) is 34.8. The first-order valence-electron chi connectivity index (χ1n) is 28.2. The van der Waals surface area contributed by atoms with E-state index >= 15 is 0 Å². The molecule has 73 heavy (non-hydrogen) atoms. The van der Waals surface area contributed by atoms with Gasteiger partial charge in [-0.05, 0) is 150 Å². The summed E-state index contributed by atoms with van der Waals surface area (Å²) in [5.41, 5.74) is 16.3. The van der Waals surface area contributed by atoms with Crippen LogP contribution < -0.4 is 0 Å². The highest BCUT2D eigenvalue weighted by Crippen LogP contribution is 2.38. The molecule has 0 radical (unpaired) electrons. The molecule has 0 spiro atoms. The van der Waals surface area contributed by atoms with E-state index in [0.717, 1.165) is 56.6 Å². The topological polar surface area (TPSA) is 74.2 Å². The van der Waals surface area contributed by atoms with E-state index in [4.69, 9.17) is 9.98 Å². The van der Waals surface area contributed by atoms with Gasteiger partial charge in [0.05, 0.1) is 39.8 Å². The monoisotopic (exact) mass is 1010 g/mol. The molecule has 0 aliphatic heterocycles. The average molecular weight is 1010 g/mol. The van der Waals surface area contributed by atoms with E-state index in [-0.39, 0.29) is 0 Å². The fourth-order valence-electron chi connectivity index (χ4n) is 9.16. The van der Waals surface area contributed by atoms with Crippen molar-refractivity contribution in [1.82, 2.24) is 0 Å². The van der Waals surface area contributed by atoms with Crippen LogP contribution in [0.2, 0.25) is 0 Å². The van der Waals surface area contributed by atoms with Gasteiger partial charge in [-0.3, -0.25) is 4.99 Å². The van der Waals surface area contributed by atoms with E-state index in [0.29, 0.717) is 47.3 Å². The van der Waals surface area contributed by atoms with Crippen LogP contribution in [0.15, 0.2) is 103 Å². The van der Waals surface area contributed by atoms with Crippen molar-refractivity contribution < 1.29 is 0 Å². The minimum atomic E-state index is 0.425. The molecule has 0 aromatic heterocycles. The Morgan fingerprint density at radius 1 is 0.370 bits per heavy atom. The maximum Gasteiger partial charge on any atom is 0.0949 e. The first-order valence-corrected chi connectivity index (χ1v) is 29.4. The number of aliphatic imine (C=N–C) groups is 6. The Hall–Kier alpha value is -4.67. The maximum atomic E-state index is 5.22. The standard InChI is InChI=1S/C35H54N2S.C31H44N4/c1-24(2)29-19-16-20-30(25(3)4)34(29)36-28(9)18-14-12-11-13-15-23-33(38-10)37-35-31(26(5)6)21-17-22-32(35)27(7)8;1-22(2)26-14-12-15-27(23(3)4)30(26)34-20-32-18-10-9-11-19-33-21-35-31-28(24(5)6)16-13-17-29(31)25(7)8/h16-17,19-22,24-27H,11-15,18,23H2,1-10H3;12-17,22-25H,9-11,18-19H2,1-8H3. The number of hydrogen-bond acceptors (Lipinski definition) is 7. The highest BCUT2D eigenvalue weighted by Gasteiger charge is 2.17. The number of benzene rings is 4. The normalized spacial score (nSPS) is 12.1. The van der Waals surface area contributed by atoms with Gasteiger partial charge in [0.1, 0.15) is 0 Å². The van der Waals surface area contributed by atoms with E-state index in [9.17, 15) is 0 Å². The van der Waals surface area contributed by atoms with E-state index in [1.807, 2.05) is 11.8 Å². The number of thioether (sulfide) groups is 1. The Kier molecular flexibility index (Phi) is 28.6. The van der Waals surface area contributed by atoms with Crippen molar-refractivity contribution in [3.05, 3.63) is 117 Å². The second-order valence-corrected chi connectivity index (χ2v) is 23.3. The highest BCUT2D eigenvalue weighted by molar-refractivity contribution is 8.13. The predicted octanol–water partition coefficient (Wildman–Crippen LogP) is 21.8. The molecule has 0 fully saturated rings. The Morgan fingerprint density at radius 3 is 0.959 bits per heavy atom. The zero-order chi connectivity index (χ0) is 54.0. The molecule has 0 unspecified atom stereocenters. The summed E-state index contributed by atoms with van der Waals surface area (Å²) in [6.07, 6.45) is 13.7. The Morgan fingerprint density at radius 2 is 0.644 bits per heavy atom. The molecular weight excluding hydrogens is 909 g/mol. The Labute approximate surface area is 450 Å². The van der Waals surface area contributed by atoms with E-state index in [2.05, 4.69) is 229 Å². The minimum Gasteiger partial charge on any atom is -0.258 e. The fraction of sp³-hybridized carbons (Fsp3) is 0.576. The van der Waals surface area contributed by atoms with Crippen LogP contribution in [0, 0.1) is 0 Å². The van der Waals surface area contributed by atoms with E-state index in [1.54, 1.807) is 0 Å². The summed E-state index contributed by atoms with van der Waals surface area (Å²) in [7, 11) is 0. The molecule has 4 rings (SSSR count). The third-order valence-electron chi connectivity index (χ3n) is 13.6. The summed E-state index contributed by atoms with van der Waals surface area (Å²) >= 11 is 1.82. The highest BCUT2D eigenvalue weighted by atomic mass is 32.2. The molecular formula is C66H98N6S. The molecule has 0 N–H and O–H groups in total. The zero-order valence-electron chi connectivity index (χ0n) is 49.1. The largest absolute Gasteiger partial charge is 0.258 e. The van der Waals surface area contributed by atoms with E-state index < -0.39 is 0 Å². The maximum absolute atomic E-state index is 5.22. The van der Waals surface area contributed by atoms with Gasteiger partial charge in [-0.1, -0.05) is 203 Å². The van der Waals surface area contributed by atoms with Gasteiger partial charge in [-0.25, -0.2) is 15.0 Å². The lowest BCUT2D eigenvalue weighted by atomic mass is 9.93. The van der Waals surface area contributed by atoms with Gasteiger partial charge in [0.2, 0.25) is 0 Å². The molecule has 4 aromatic carbocycles. The number of para-hydroxylation sites is 4. The van der Waals surface area contributed by atoms with Crippen molar-refractivity contribution in [2.75, 3.05) is 19.3 Å². The van der Waals surface area contributed by atoms with Crippen molar-refractivity contribution in [3.8, 4) is 0 Å². The molecule has 0 amide bonds. The summed E-state index contributed by atoms with van der Waals surface area (Å²) < 4.78 is 0. The van der Waals surface area contributed by atoms with Gasteiger partial charge in [-0.2, -0.15) is 9.98 Å². The Balaban J connectivity index is 0.000000387.